The zero-order valence-electron chi connectivity index (χ0n) is 12.3. The Labute approximate surface area is 115 Å². The molecule has 2 rings (SSSR count). The van der Waals surface area contributed by atoms with Crippen molar-refractivity contribution in [1.82, 2.24) is 9.78 Å². The predicted molar refractivity (Wildman–Crippen MR) is 80.4 cm³/mol. The van der Waals surface area contributed by atoms with Gasteiger partial charge < -0.3 is 5.73 Å². The summed E-state index contributed by atoms with van der Waals surface area (Å²) in [7, 11) is 0. The van der Waals surface area contributed by atoms with Crippen LogP contribution in [0.4, 0.5) is 5.69 Å². The van der Waals surface area contributed by atoms with E-state index in [2.05, 4.69) is 55.7 Å². The lowest BCUT2D eigenvalue weighted by Crippen LogP contribution is -2.09. The van der Waals surface area contributed by atoms with E-state index < -0.39 is 0 Å². The van der Waals surface area contributed by atoms with E-state index in [0.29, 0.717) is 0 Å². The van der Waals surface area contributed by atoms with Crippen LogP contribution in [0.3, 0.4) is 0 Å². The lowest BCUT2D eigenvalue weighted by Gasteiger charge is -2.12. The van der Waals surface area contributed by atoms with Gasteiger partial charge in [0.15, 0.2) is 0 Å². The summed E-state index contributed by atoms with van der Waals surface area (Å²) >= 11 is 0. The van der Waals surface area contributed by atoms with Crippen LogP contribution in [0, 0.1) is 13.8 Å². The van der Waals surface area contributed by atoms with Gasteiger partial charge in [-0.25, -0.2) is 0 Å². The highest BCUT2D eigenvalue weighted by atomic mass is 15.3. The molecule has 1 aromatic carbocycles. The molecule has 1 aromatic heterocycles. The first-order valence-electron chi connectivity index (χ1n) is 6.97. The molecule has 102 valence electrons. The fourth-order valence-electron chi connectivity index (χ4n) is 2.58. The first-order chi connectivity index (χ1) is 9.08. The lowest BCUT2D eigenvalue weighted by molar-refractivity contribution is 0.636. The van der Waals surface area contributed by atoms with Crippen LogP contribution in [-0.2, 0) is 19.4 Å². The third-order valence-corrected chi connectivity index (χ3v) is 3.80. The van der Waals surface area contributed by atoms with E-state index in [4.69, 9.17) is 5.73 Å². The van der Waals surface area contributed by atoms with Crippen LogP contribution in [0.2, 0.25) is 0 Å². The predicted octanol–water partition coefficient (Wildman–Crippen LogP) is 3.26. The van der Waals surface area contributed by atoms with Crippen molar-refractivity contribution in [2.45, 2.75) is 47.1 Å². The van der Waals surface area contributed by atoms with Crippen LogP contribution in [0.5, 0.6) is 0 Å². The van der Waals surface area contributed by atoms with E-state index >= 15 is 0 Å². The van der Waals surface area contributed by atoms with E-state index in [9.17, 15) is 0 Å². The number of aromatic nitrogens is 2. The van der Waals surface area contributed by atoms with Crippen LogP contribution in [0.25, 0.3) is 0 Å². The molecule has 19 heavy (non-hydrogen) atoms. The molecule has 0 aliphatic heterocycles. The van der Waals surface area contributed by atoms with Crippen LogP contribution < -0.4 is 5.73 Å². The van der Waals surface area contributed by atoms with Crippen molar-refractivity contribution >= 4 is 5.69 Å². The molecule has 0 atom stereocenters. The van der Waals surface area contributed by atoms with Gasteiger partial charge in [0.25, 0.3) is 0 Å². The number of anilines is 1. The van der Waals surface area contributed by atoms with E-state index in [0.717, 1.165) is 36.5 Å². The molecule has 1 heterocycles. The maximum atomic E-state index is 6.17. The number of nitrogens with zero attached hydrogens (tertiary/aromatic N) is 2. The van der Waals surface area contributed by atoms with Gasteiger partial charge in [-0.3, -0.25) is 4.68 Å². The number of nitrogens with two attached hydrogens (primary N) is 1. The second-order valence-corrected chi connectivity index (χ2v) is 5.04. The number of nitrogen functional groups attached to an aromatic ring is 1. The zero-order valence-corrected chi connectivity index (χ0v) is 12.3. The smallest absolute Gasteiger partial charge is 0.0854 e. The fourth-order valence-corrected chi connectivity index (χ4v) is 2.58. The molecule has 0 amide bonds. The summed E-state index contributed by atoms with van der Waals surface area (Å²) < 4.78 is 2.07. The van der Waals surface area contributed by atoms with Crippen molar-refractivity contribution in [3.8, 4) is 0 Å². The van der Waals surface area contributed by atoms with Crippen molar-refractivity contribution in [1.29, 1.82) is 0 Å². The number of hydrogen-bond acceptors (Lipinski definition) is 2. The van der Waals surface area contributed by atoms with Gasteiger partial charge in [-0.2, -0.15) is 5.10 Å². The van der Waals surface area contributed by atoms with Gasteiger partial charge in [-0.05, 0) is 43.4 Å². The molecule has 2 aromatic rings. The van der Waals surface area contributed by atoms with Crippen molar-refractivity contribution in [3.63, 3.8) is 0 Å². The standard InChI is InChI=1S/C16H23N3/c1-5-14-16(17)15(6-2)19(18-14)10-13-11(3)8-7-9-12(13)4/h7-9H,5-6,10,17H2,1-4H3. The summed E-state index contributed by atoms with van der Waals surface area (Å²) in [6.45, 7) is 9.35. The second-order valence-electron chi connectivity index (χ2n) is 5.04. The summed E-state index contributed by atoms with van der Waals surface area (Å²) in [4.78, 5) is 0. The molecule has 0 saturated carbocycles. The van der Waals surface area contributed by atoms with Crippen molar-refractivity contribution in [2.75, 3.05) is 5.73 Å². The van der Waals surface area contributed by atoms with Crippen LogP contribution in [-0.4, -0.2) is 9.78 Å². The minimum atomic E-state index is 0.811. The molecule has 0 aliphatic carbocycles. The molecule has 0 bridgehead atoms. The van der Waals surface area contributed by atoms with Gasteiger partial charge in [0, 0.05) is 0 Å². The molecule has 0 unspecified atom stereocenters. The highest BCUT2D eigenvalue weighted by Crippen LogP contribution is 2.21. The lowest BCUT2D eigenvalue weighted by atomic mass is 10.0. The number of aryl methyl sites for hydroxylation is 3. The number of rotatable bonds is 4. The van der Waals surface area contributed by atoms with Crippen LogP contribution in [0.15, 0.2) is 18.2 Å². The molecule has 0 fully saturated rings. The van der Waals surface area contributed by atoms with Crippen molar-refractivity contribution < 1.29 is 0 Å². The monoisotopic (exact) mass is 257 g/mol. The summed E-state index contributed by atoms with van der Waals surface area (Å²) in [6.07, 6.45) is 1.81. The third kappa shape index (κ3) is 2.50. The summed E-state index contributed by atoms with van der Waals surface area (Å²) in [6, 6.07) is 6.41. The molecule has 3 heteroatoms. The Morgan fingerprint density at radius 3 is 2.26 bits per heavy atom. The molecule has 0 radical (unpaired) electrons. The quantitative estimate of drug-likeness (QED) is 0.913. The Bertz CT molecular complexity index is 562. The second kappa shape index (κ2) is 5.47. The fraction of sp³-hybridized carbons (Fsp3) is 0.438. The molecule has 3 nitrogen and oxygen atoms in total. The van der Waals surface area contributed by atoms with E-state index in [-0.39, 0.29) is 0 Å². The van der Waals surface area contributed by atoms with Gasteiger partial charge in [-0.15, -0.1) is 0 Å². The summed E-state index contributed by atoms with van der Waals surface area (Å²) in [5.74, 6) is 0. The molecular weight excluding hydrogens is 234 g/mol. The molecule has 2 N–H and O–H groups in total. The van der Waals surface area contributed by atoms with Gasteiger partial charge >= 0.3 is 0 Å². The Balaban J connectivity index is 2.43. The van der Waals surface area contributed by atoms with E-state index in [1.807, 2.05) is 0 Å². The Morgan fingerprint density at radius 1 is 1.11 bits per heavy atom. The normalized spacial score (nSPS) is 10.9. The van der Waals surface area contributed by atoms with Crippen LogP contribution in [0.1, 0.15) is 41.9 Å². The van der Waals surface area contributed by atoms with E-state index in [1.165, 1.54) is 16.7 Å². The SMILES string of the molecule is CCc1nn(Cc2c(C)cccc2C)c(CC)c1N. The van der Waals surface area contributed by atoms with E-state index in [1.54, 1.807) is 0 Å². The van der Waals surface area contributed by atoms with Gasteiger partial charge in [0.2, 0.25) is 0 Å². The van der Waals surface area contributed by atoms with Crippen molar-refractivity contribution in [3.05, 3.63) is 46.3 Å². The molecule has 0 aliphatic rings. The minimum Gasteiger partial charge on any atom is -0.396 e. The summed E-state index contributed by atoms with van der Waals surface area (Å²) in [5.41, 5.74) is 13.2. The topological polar surface area (TPSA) is 43.8 Å². The average molecular weight is 257 g/mol. The average Bonchev–Trinajstić information content (AvgIpc) is 2.69. The maximum absolute atomic E-state index is 6.17. The first-order valence-corrected chi connectivity index (χ1v) is 6.97. The number of benzene rings is 1. The van der Waals surface area contributed by atoms with Crippen molar-refractivity contribution in [2.24, 2.45) is 0 Å². The maximum Gasteiger partial charge on any atom is 0.0854 e. The van der Waals surface area contributed by atoms with Crippen LogP contribution >= 0.6 is 0 Å². The van der Waals surface area contributed by atoms with Gasteiger partial charge in [0.05, 0.1) is 23.6 Å². The summed E-state index contributed by atoms with van der Waals surface area (Å²) in [5, 5.41) is 4.67. The van der Waals surface area contributed by atoms with Gasteiger partial charge in [0.1, 0.15) is 0 Å². The largest absolute Gasteiger partial charge is 0.396 e. The zero-order chi connectivity index (χ0) is 14.0. The Kier molecular flexibility index (Phi) is 3.93. The highest BCUT2D eigenvalue weighted by Gasteiger charge is 2.14. The third-order valence-electron chi connectivity index (χ3n) is 3.80. The molecular formula is C16H23N3. The Hall–Kier alpha value is -1.77. The molecule has 0 spiro atoms. The highest BCUT2D eigenvalue weighted by molar-refractivity contribution is 5.49. The first kappa shape index (κ1) is 13.7. The van der Waals surface area contributed by atoms with Gasteiger partial charge in [-0.1, -0.05) is 32.0 Å². The number of hydrogen-bond donors (Lipinski definition) is 1. The minimum absolute atomic E-state index is 0.811. The Morgan fingerprint density at radius 2 is 1.74 bits per heavy atom. The molecule has 0 saturated heterocycles.